The number of aromatic amines is 2. The summed E-state index contributed by atoms with van der Waals surface area (Å²) >= 11 is 6.71. The van der Waals surface area contributed by atoms with Crippen molar-refractivity contribution in [3.63, 3.8) is 0 Å². The van der Waals surface area contributed by atoms with Crippen molar-refractivity contribution < 1.29 is 4.74 Å². The van der Waals surface area contributed by atoms with Gasteiger partial charge in [-0.25, -0.2) is 4.98 Å². The van der Waals surface area contributed by atoms with Crippen molar-refractivity contribution in [3.8, 4) is 5.75 Å². The van der Waals surface area contributed by atoms with E-state index in [1.807, 2.05) is 0 Å². The second-order valence-electron chi connectivity index (χ2n) is 4.99. The molecule has 0 saturated carbocycles. The van der Waals surface area contributed by atoms with Gasteiger partial charge in [0.05, 0.1) is 5.75 Å². The highest BCUT2D eigenvalue weighted by atomic mass is 32.2. The number of H-pyrrole nitrogens is 2. The molecule has 0 fully saturated rings. The number of ether oxygens (including phenoxy) is 1. The normalized spacial score (nSPS) is 12.3. The summed E-state index contributed by atoms with van der Waals surface area (Å²) < 4.78 is 6.82. The van der Waals surface area contributed by atoms with Crippen LogP contribution in [0.1, 0.15) is 44.1 Å². The van der Waals surface area contributed by atoms with Gasteiger partial charge >= 0.3 is 0 Å². The molecule has 22 heavy (non-hydrogen) atoms. The Morgan fingerprint density at radius 2 is 1.86 bits per heavy atom. The first-order valence-electron chi connectivity index (χ1n) is 7.70. The number of benzene rings is 1. The van der Waals surface area contributed by atoms with Crippen molar-refractivity contribution in [3.05, 3.63) is 39.9 Å². The maximum Gasteiger partial charge on any atom is 0.213 e. The highest BCUT2D eigenvalue weighted by Crippen LogP contribution is 2.30. The zero-order chi connectivity index (χ0) is 15.9. The first-order chi connectivity index (χ1) is 10.7. The van der Waals surface area contributed by atoms with Gasteiger partial charge in [-0.3, -0.25) is 10.2 Å². The van der Waals surface area contributed by atoms with Crippen LogP contribution in [0.5, 0.6) is 5.75 Å². The third kappa shape index (κ3) is 4.36. The lowest BCUT2D eigenvalue weighted by atomic mass is 10.0. The third-order valence-corrected chi connectivity index (χ3v) is 4.91. The Balaban J connectivity index is 2.08. The lowest BCUT2D eigenvalue weighted by Gasteiger charge is -2.21. The van der Waals surface area contributed by atoms with Crippen LogP contribution in [-0.2, 0) is 18.6 Å². The lowest BCUT2D eigenvalue weighted by Crippen LogP contribution is -2.14. The van der Waals surface area contributed by atoms with Crippen molar-refractivity contribution in [1.29, 1.82) is 0 Å². The Morgan fingerprint density at radius 1 is 1.18 bits per heavy atom. The summed E-state index contributed by atoms with van der Waals surface area (Å²) in [4.78, 5) is 4.22. The van der Waals surface area contributed by atoms with Gasteiger partial charge in [-0.05, 0) is 42.6 Å². The van der Waals surface area contributed by atoms with Crippen LogP contribution in [0, 0.1) is 4.77 Å². The molecule has 0 saturated heterocycles. The predicted molar refractivity (Wildman–Crippen MR) is 95.0 cm³/mol. The van der Waals surface area contributed by atoms with Crippen LogP contribution in [0.3, 0.4) is 0 Å². The quantitative estimate of drug-likeness (QED) is 0.544. The number of aromatic nitrogens is 3. The maximum atomic E-state index is 6.32. The number of thioether (sulfide) groups is 1. The largest absolute Gasteiger partial charge is 0.479 e. The second-order valence-corrected chi connectivity index (χ2v) is 6.53. The SMILES string of the molecule is CCc1cccc(CC)c1OC(CC)SCc1nc(=S)[nH][nH]1. The van der Waals surface area contributed by atoms with Crippen molar-refractivity contribution in [2.75, 3.05) is 0 Å². The van der Waals surface area contributed by atoms with Crippen LogP contribution in [0.15, 0.2) is 18.2 Å². The highest BCUT2D eigenvalue weighted by molar-refractivity contribution is 7.99. The summed E-state index contributed by atoms with van der Waals surface area (Å²) in [6, 6.07) is 6.41. The van der Waals surface area contributed by atoms with E-state index in [2.05, 4.69) is 54.2 Å². The van der Waals surface area contributed by atoms with Crippen LogP contribution in [0.4, 0.5) is 0 Å². The van der Waals surface area contributed by atoms with Crippen LogP contribution in [0.25, 0.3) is 0 Å². The Kier molecular flexibility index (Phi) is 6.51. The Hall–Kier alpha value is -1.27. The number of rotatable bonds is 8. The molecule has 0 amide bonds. The summed E-state index contributed by atoms with van der Waals surface area (Å²) in [7, 11) is 0. The average molecular weight is 338 g/mol. The predicted octanol–water partition coefficient (Wildman–Crippen LogP) is 4.64. The van der Waals surface area contributed by atoms with Crippen LogP contribution in [0.2, 0.25) is 0 Å². The second kappa shape index (κ2) is 8.39. The van der Waals surface area contributed by atoms with E-state index in [1.165, 1.54) is 11.1 Å². The lowest BCUT2D eigenvalue weighted by molar-refractivity contribution is 0.278. The molecule has 120 valence electrons. The minimum absolute atomic E-state index is 0.108. The Labute approximate surface area is 141 Å². The molecule has 1 unspecified atom stereocenters. The number of nitrogens with one attached hydrogen (secondary N) is 2. The third-order valence-electron chi connectivity index (χ3n) is 3.48. The Bertz CT molecular complexity index is 629. The minimum Gasteiger partial charge on any atom is -0.479 e. The fourth-order valence-electron chi connectivity index (χ4n) is 2.26. The maximum absolute atomic E-state index is 6.32. The van der Waals surface area contributed by atoms with Gasteiger partial charge in [-0.1, -0.05) is 39.0 Å². The Morgan fingerprint density at radius 3 is 2.36 bits per heavy atom. The van der Waals surface area contributed by atoms with Crippen LogP contribution >= 0.6 is 24.0 Å². The van der Waals surface area contributed by atoms with Gasteiger partial charge in [0.15, 0.2) is 0 Å². The first-order valence-corrected chi connectivity index (χ1v) is 9.16. The zero-order valence-corrected chi connectivity index (χ0v) is 14.9. The first kappa shape index (κ1) is 17.1. The molecule has 2 aromatic rings. The molecular formula is C16H23N3OS2. The highest BCUT2D eigenvalue weighted by Gasteiger charge is 2.15. The van der Waals surface area contributed by atoms with Crippen molar-refractivity contribution >= 4 is 24.0 Å². The number of hydrogen-bond acceptors (Lipinski definition) is 4. The summed E-state index contributed by atoms with van der Waals surface area (Å²) in [6.45, 7) is 6.48. The van der Waals surface area contributed by atoms with E-state index in [0.29, 0.717) is 4.77 Å². The molecule has 0 aliphatic rings. The molecule has 6 heteroatoms. The molecule has 0 aliphatic heterocycles. The number of nitrogens with zero attached hydrogens (tertiary/aromatic N) is 1. The molecule has 1 heterocycles. The summed E-state index contributed by atoms with van der Waals surface area (Å²) in [6.07, 6.45) is 2.91. The molecule has 2 N–H and O–H groups in total. The number of para-hydroxylation sites is 1. The fourth-order valence-corrected chi connectivity index (χ4v) is 3.30. The average Bonchev–Trinajstić information content (AvgIpc) is 2.96. The molecule has 4 nitrogen and oxygen atoms in total. The van der Waals surface area contributed by atoms with E-state index in [4.69, 9.17) is 17.0 Å². The molecule has 0 radical (unpaired) electrons. The molecule has 1 aromatic carbocycles. The van der Waals surface area contributed by atoms with Gasteiger partial charge < -0.3 is 4.74 Å². The molecule has 2 rings (SSSR count). The van der Waals surface area contributed by atoms with Crippen molar-refractivity contribution in [2.45, 2.75) is 51.2 Å². The van der Waals surface area contributed by atoms with Crippen molar-refractivity contribution in [1.82, 2.24) is 15.2 Å². The van der Waals surface area contributed by atoms with Crippen molar-refractivity contribution in [2.24, 2.45) is 0 Å². The summed E-state index contributed by atoms with van der Waals surface area (Å²) in [5, 5.41) is 5.80. The monoisotopic (exact) mass is 337 g/mol. The number of hydrogen-bond donors (Lipinski definition) is 2. The number of aryl methyl sites for hydroxylation is 2. The molecule has 0 spiro atoms. The minimum atomic E-state index is 0.108. The van der Waals surface area contributed by atoms with Gasteiger partial charge in [0.1, 0.15) is 17.0 Å². The summed E-state index contributed by atoms with van der Waals surface area (Å²) in [5.41, 5.74) is 2.66. The molecule has 1 atom stereocenters. The van der Waals surface area contributed by atoms with Gasteiger partial charge in [-0.15, -0.1) is 11.8 Å². The van der Waals surface area contributed by atoms with E-state index in [-0.39, 0.29) is 5.44 Å². The van der Waals surface area contributed by atoms with Gasteiger partial charge in [0.25, 0.3) is 0 Å². The van der Waals surface area contributed by atoms with E-state index in [1.54, 1.807) is 11.8 Å². The zero-order valence-electron chi connectivity index (χ0n) is 13.3. The molecule has 0 bridgehead atoms. The molecular weight excluding hydrogens is 314 g/mol. The molecule has 0 aliphatic carbocycles. The summed E-state index contributed by atoms with van der Waals surface area (Å²) in [5.74, 6) is 2.67. The molecule has 1 aromatic heterocycles. The van der Waals surface area contributed by atoms with E-state index in [0.717, 1.165) is 36.6 Å². The standard InChI is InChI=1S/C16H23N3OS2/c1-4-11-8-7-9-12(5-2)15(11)20-14(6-3)22-10-13-17-16(21)19-18-13/h7-9,14H,4-6,10H2,1-3H3,(H2,17,18,19,21). The van der Waals surface area contributed by atoms with Crippen LogP contribution in [-0.4, -0.2) is 20.6 Å². The van der Waals surface area contributed by atoms with E-state index < -0.39 is 0 Å². The van der Waals surface area contributed by atoms with Gasteiger partial charge in [0.2, 0.25) is 4.77 Å². The fraction of sp³-hybridized carbons (Fsp3) is 0.500. The van der Waals surface area contributed by atoms with Gasteiger partial charge in [-0.2, -0.15) is 0 Å². The van der Waals surface area contributed by atoms with Crippen LogP contribution < -0.4 is 4.74 Å². The van der Waals surface area contributed by atoms with E-state index in [9.17, 15) is 0 Å². The van der Waals surface area contributed by atoms with E-state index >= 15 is 0 Å². The topological polar surface area (TPSA) is 53.7 Å². The van der Waals surface area contributed by atoms with Gasteiger partial charge in [0, 0.05) is 0 Å². The smallest absolute Gasteiger partial charge is 0.213 e.